The van der Waals surface area contributed by atoms with E-state index in [2.05, 4.69) is 39.6 Å². The van der Waals surface area contributed by atoms with E-state index in [4.69, 9.17) is 0 Å². The number of carbonyl (C=O) groups is 1. The summed E-state index contributed by atoms with van der Waals surface area (Å²) >= 11 is 0. The lowest BCUT2D eigenvalue weighted by Crippen LogP contribution is -2.27. The number of hydrogen-bond acceptors (Lipinski definition) is 3. The van der Waals surface area contributed by atoms with Gasteiger partial charge in [-0.2, -0.15) is 0 Å². The van der Waals surface area contributed by atoms with E-state index in [9.17, 15) is 4.79 Å². The SMILES string of the molecule is O=C(NC[C@H]1C[C@]12CCc1ccccc12)c1ccc(-n2ccnc2)nc1. The van der Waals surface area contributed by atoms with Crippen LogP contribution < -0.4 is 5.32 Å². The van der Waals surface area contributed by atoms with E-state index < -0.39 is 0 Å². The van der Waals surface area contributed by atoms with Crippen molar-refractivity contribution < 1.29 is 4.79 Å². The zero-order valence-corrected chi connectivity index (χ0v) is 14.4. The van der Waals surface area contributed by atoms with Crippen molar-refractivity contribution in [2.24, 2.45) is 5.92 Å². The highest BCUT2D eigenvalue weighted by molar-refractivity contribution is 5.94. The maximum atomic E-state index is 12.5. The number of nitrogens with one attached hydrogen (secondary N) is 1. The van der Waals surface area contributed by atoms with Crippen molar-refractivity contribution in [2.75, 3.05) is 6.54 Å². The smallest absolute Gasteiger partial charge is 0.252 e. The number of carbonyl (C=O) groups excluding carboxylic acids is 1. The fraction of sp³-hybridized carbons (Fsp3) is 0.286. The van der Waals surface area contributed by atoms with Crippen molar-refractivity contribution >= 4 is 5.91 Å². The second-order valence-corrected chi connectivity index (χ2v) is 7.30. The molecule has 0 aliphatic heterocycles. The Labute approximate surface area is 152 Å². The Morgan fingerprint density at radius 2 is 2.19 bits per heavy atom. The van der Waals surface area contributed by atoms with Gasteiger partial charge in [0.2, 0.25) is 0 Å². The van der Waals surface area contributed by atoms with Crippen LogP contribution in [0.2, 0.25) is 0 Å². The standard InChI is InChI=1S/C21H20N4O/c26-20(16-5-6-19(23-12-16)25-10-9-22-14-25)24-13-17-11-21(17)8-7-15-3-1-2-4-18(15)21/h1-6,9-10,12,14,17H,7-8,11,13H2,(H,24,26)/t17-,21-/m1/s1. The molecule has 1 aromatic carbocycles. The lowest BCUT2D eigenvalue weighted by atomic mass is 9.95. The first-order chi connectivity index (χ1) is 12.8. The molecule has 1 N–H and O–H groups in total. The second kappa shape index (κ2) is 5.80. The van der Waals surface area contributed by atoms with E-state index in [0.717, 1.165) is 12.4 Å². The number of fused-ring (bicyclic) bond motifs is 2. The van der Waals surface area contributed by atoms with Crippen LogP contribution in [0, 0.1) is 5.92 Å². The van der Waals surface area contributed by atoms with Gasteiger partial charge in [-0.05, 0) is 48.4 Å². The van der Waals surface area contributed by atoms with Gasteiger partial charge in [-0.25, -0.2) is 9.97 Å². The van der Waals surface area contributed by atoms with E-state index in [1.807, 2.05) is 22.9 Å². The zero-order chi connectivity index (χ0) is 17.6. The minimum atomic E-state index is -0.0528. The van der Waals surface area contributed by atoms with Crippen molar-refractivity contribution in [1.29, 1.82) is 0 Å². The molecule has 1 fully saturated rings. The summed E-state index contributed by atoms with van der Waals surface area (Å²) < 4.78 is 1.81. The summed E-state index contributed by atoms with van der Waals surface area (Å²) in [5.74, 6) is 1.25. The van der Waals surface area contributed by atoms with E-state index >= 15 is 0 Å². The third-order valence-corrected chi connectivity index (χ3v) is 5.91. The molecule has 2 atom stereocenters. The predicted molar refractivity (Wildman–Crippen MR) is 98.2 cm³/mol. The van der Waals surface area contributed by atoms with Gasteiger partial charge in [0.05, 0.1) is 5.56 Å². The molecule has 2 aliphatic rings. The lowest BCUT2D eigenvalue weighted by molar-refractivity contribution is 0.0950. The molecule has 130 valence electrons. The molecule has 2 heterocycles. The van der Waals surface area contributed by atoms with E-state index in [0.29, 0.717) is 16.9 Å². The molecule has 26 heavy (non-hydrogen) atoms. The second-order valence-electron chi connectivity index (χ2n) is 7.30. The fourth-order valence-electron chi connectivity index (χ4n) is 4.39. The number of aryl methyl sites for hydroxylation is 1. The van der Waals surface area contributed by atoms with Gasteiger partial charge >= 0.3 is 0 Å². The van der Waals surface area contributed by atoms with Gasteiger partial charge in [0.15, 0.2) is 0 Å². The Morgan fingerprint density at radius 3 is 3.00 bits per heavy atom. The molecule has 1 spiro atoms. The first-order valence-electron chi connectivity index (χ1n) is 9.07. The Balaban J connectivity index is 1.23. The van der Waals surface area contributed by atoms with Crippen LogP contribution in [-0.4, -0.2) is 27.0 Å². The summed E-state index contributed by atoms with van der Waals surface area (Å²) in [5.41, 5.74) is 3.90. The van der Waals surface area contributed by atoms with Crippen LogP contribution in [0.15, 0.2) is 61.3 Å². The van der Waals surface area contributed by atoms with Gasteiger partial charge in [-0.1, -0.05) is 24.3 Å². The summed E-state index contributed by atoms with van der Waals surface area (Å²) in [4.78, 5) is 20.8. The quantitative estimate of drug-likeness (QED) is 0.792. The normalized spacial score (nSPS) is 23.0. The summed E-state index contributed by atoms with van der Waals surface area (Å²) in [6, 6.07) is 12.4. The van der Waals surface area contributed by atoms with Crippen LogP contribution in [0.4, 0.5) is 0 Å². The highest BCUT2D eigenvalue weighted by Crippen LogP contribution is 2.61. The summed E-state index contributed by atoms with van der Waals surface area (Å²) in [6.07, 6.45) is 10.4. The monoisotopic (exact) mass is 344 g/mol. The first-order valence-corrected chi connectivity index (χ1v) is 9.07. The van der Waals surface area contributed by atoms with E-state index in [1.54, 1.807) is 18.7 Å². The van der Waals surface area contributed by atoms with Gasteiger partial charge in [-0.15, -0.1) is 0 Å². The van der Waals surface area contributed by atoms with E-state index in [1.165, 1.54) is 30.4 Å². The van der Waals surface area contributed by atoms with Gasteiger partial charge in [0.25, 0.3) is 5.91 Å². The van der Waals surface area contributed by atoms with Gasteiger partial charge in [-0.3, -0.25) is 9.36 Å². The average molecular weight is 344 g/mol. The zero-order valence-electron chi connectivity index (χ0n) is 14.4. The molecule has 5 nitrogen and oxygen atoms in total. The first kappa shape index (κ1) is 15.3. The molecule has 1 amide bonds. The molecule has 0 saturated heterocycles. The average Bonchev–Trinajstić information content (AvgIpc) is 3.01. The molecule has 0 unspecified atom stereocenters. The largest absolute Gasteiger partial charge is 0.352 e. The maximum Gasteiger partial charge on any atom is 0.252 e. The molecule has 5 rings (SSSR count). The number of hydrogen-bond donors (Lipinski definition) is 1. The lowest BCUT2D eigenvalue weighted by Gasteiger charge is -2.12. The van der Waals surface area contributed by atoms with Crippen molar-refractivity contribution in [2.45, 2.75) is 24.7 Å². The molecule has 0 radical (unpaired) electrons. The number of pyridine rings is 1. The number of rotatable bonds is 4. The van der Waals surface area contributed by atoms with Gasteiger partial charge in [0, 0.05) is 30.6 Å². The van der Waals surface area contributed by atoms with Crippen molar-refractivity contribution in [3.63, 3.8) is 0 Å². The molecule has 0 bridgehead atoms. The van der Waals surface area contributed by atoms with Crippen LogP contribution >= 0.6 is 0 Å². The molecule has 5 heteroatoms. The highest BCUT2D eigenvalue weighted by atomic mass is 16.1. The van der Waals surface area contributed by atoms with Crippen molar-refractivity contribution in [1.82, 2.24) is 19.9 Å². The number of benzene rings is 1. The summed E-state index contributed by atoms with van der Waals surface area (Å²) in [6.45, 7) is 0.733. The minimum absolute atomic E-state index is 0.0528. The summed E-state index contributed by atoms with van der Waals surface area (Å²) in [7, 11) is 0. The topological polar surface area (TPSA) is 59.8 Å². The third kappa shape index (κ3) is 2.43. The van der Waals surface area contributed by atoms with Crippen molar-refractivity contribution in [3.8, 4) is 5.82 Å². The molecule has 2 aromatic heterocycles. The Bertz CT molecular complexity index is 948. The van der Waals surface area contributed by atoms with Crippen LogP contribution in [0.25, 0.3) is 5.82 Å². The van der Waals surface area contributed by atoms with Gasteiger partial charge in [0.1, 0.15) is 12.1 Å². The van der Waals surface area contributed by atoms with Crippen LogP contribution in [0.1, 0.15) is 34.3 Å². The molecule has 3 aromatic rings. The van der Waals surface area contributed by atoms with E-state index in [-0.39, 0.29) is 5.91 Å². The number of aromatic nitrogens is 3. The Hall–Kier alpha value is -2.95. The van der Waals surface area contributed by atoms with Crippen LogP contribution in [0.3, 0.4) is 0 Å². The summed E-state index contributed by atoms with van der Waals surface area (Å²) in [5, 5.41) is 3.10. The van der Waals surface area contributed by atoms with Crippen LogP contribution in [-0.2, 0) is 11.8 Å². The van der Waals surface area contributed by atoms with Gasteiger partial charge < -0.3 is 5.32 Å². The minimum Gasteiger partial charge on any atom is -0.352 e. The molecular formula is C21H20N4O. The Morgan fingerprint density at radius 1 is 1.27 bits per heavy atom. The number of amides is 1. The highest BCUT2D eigenvalue weighted by Gasteiger charge is 2.57. The third-order valence-electron chi connectivity index (χ3n) is 5.91. The maximum absolute atomic E-state index is 12.5. The molecule has 1 saturated carbocycles. The predicted octanol–water partition coefficient (Wildman–Crippen LogP) is 2.90. The fourth-order valence-corrected chi connectivity index (χ4v) is 4.39. The molecular weight excluding hydrogens is 324 g/mol. The van der Waals surface area contributed by atoms with Crippen LogP contribution in [0.5, 0.6) is 0 Å². The molecule has 2 aliphatic carbocycles. The number of nitrogens with zero attached hydrogens (tertiary/aromatic N) is 3. The van der Waals surface area contributed by atoms with Crippen molar-refractivity contribution in [3.05, 3.63) is 78.0 Å². The number of imidazole rings is 1. The Kier molecular flexibility index (Phi) is 3.42.